The highest BCUT2D eigenvalue weighted by atomic mass is 19.4. The van der Waals surface area contributed by atoms with Gasteiger partial charge in [0.1, 0.15) is 17.1 Å². The van der Waals surface area contributed by atoms with Gasteiger partial charge in [-0.2, -0.15) is 13.2 Å². The summed E-state index contributed by atoms with van der Waals surface area (Å²) in [7, 11) is 0. The Bertz CT molecular complexity index is 1220. The molecule has 0 N–H and O–H groups in total. The summed E-state index contributed by atoms with van der Waals surface area (Å²) in [5, 5.41) is 0. The van der Waals surface area contributed by atoms with E-state index in [1.54, 1.807) is 4.90 Å². The number of nitrogens with zero attached hydrogens (tertiary/aromatic N) is 4. The van der Waals surface area contributed by atoms with Crippen LogP contribution in [0.1, 0.15) is 37.8 Å². The Morgan fingerprint density at radius 1 is 0.933 bits per heavy atom. The van der Waals surface area contributed by atoms with Gasteiger partial charge in [-0.05, 0) is 24.3 Å². The van der Waals surface area contributed by atoms with Crippen molar-refractivity contribution < 1.29 is 27.5 Å². The standard InChI is InChI=1S/C20H13F3N4O3/c21-20(22,23)11-8-12-13(9-14(11)27-4-6-30-7-5-27)26-17-16(25-12)18(28)10-2-1-3-24-15(10)19(17)29/h1-3,8-9H,4-7H2. The predicted molar refractivity (Wildman–Crippen MR) is 98.7 cm³/mol. The quantitative estimate of drug-likeness (QED) is 0.473. The van der Waals surface area contributed by atoms with Crippen LogP contribution in [-0.4, -0.2) is 52.8 Å². The Morgan fingerprint density at radius 3 is 2.30 bits per heavy atom. The van der Waals surface area contributed by atoms with Crippen molar-refractivity contribution in [1.29, 1.82) is 0 Å². The minimum Gasteiger partial charge on any atom is -0.378 e. The molecule has 2 aromatic heterocycles. The summed E-state index contributed by atoms with van der Waals surface area (Å²) in [6.07, 6.45) is -3.24. The molecule has 30 heavy (non-hydrogen) atoms. The summed E-state index contributed by atoms with van der Waals surface area (Å²) in [6.45, 7) is 1.20. The van der Waals surface area contributed by atoms with Gasteiger partial charge in [0.25, 0.3) is 0 Å². The van der Waals surface area contributed by atoms with Crippen molar-refractivity contribution in [3.8, 4) is 0 Å². The smallest absolute Gasteiger partial charge is 0.378 e. The van der Waals surface area contributed by atoms with Crippen LogP contribution in [0.4, 0.5) is 18.9 Å². The number of fused-ring (bicyclic) bond motifs is 3. The van der Waals surface area contributed by atoms with Gasteiger partial charge in [-0.1, -0.05) is 0 Å². The molecule has 5 rings (SSSR count). The molecule has 1 aliphatic heterocycles. The van der Waals surface area contributed by atoms with E-state index in [2.05, 4.69) is 15.0 Å². The SMILES string of the molecule is O=C1c2cccnc2C(=O)c2nc3cc(N4CCOCC4)c(C(F)(F)F)cc3nc21. The van der Waals surface area contributed by atoms with E-state index in [-0.39, 0.29) is 39.4 Å². The largest absolute Gasteiger partial charge is 0.418 e. The lowest BCUT2D eigenvalue weighted by molar-refractivity contribution is -0.137. The number of rotatable bonds is 1. The summed E-state index contributed by atoms with van der Waals surface area (Å²) in [5.74, 6) is -1.17. The first-order valence-corrected chi connectivity index (χ1v) is 9.14. The van der Waals surface area contributed by atoms with Gasteiger partial charge in [-0.3, -0.25) is 14.6 Å². The lowest BCUT2D eigenvalue weighted by Crippen LogP contribution is -2.37. The number of alkyl halides is 3. The second-order valence-corrected chi connectivity index (χ2v) is 6.93. The van der Waals surface area contributed by atoms with Gasteiger partial charge in [0.2, 0.25) is 11.6 Å². The number of hydrogen-bond acceptors (Lipinski definition) is 7. The molecule has 3 aromatic rings. The molecule has 152 valence electrons. The Labute approximate surface area is 167 Å². The average molecular weight is 414 g/mol. The van der Waals surface area contributed by atoms with Gasteiger partial charge < -0.3 is 9.64 Å². The lowest BCUT2D eigenvalue weighted by Gasteiger charge is -2.31. The van der Waals surface area contributed by atoms with E-state index in [1.165, 1.54) is 24.4 Å². The molecule has 1 saturated heterocycles. The molecule has 0 amide bonds. The fourth-order valence-corrected chi connectivity index (χ4v) is 3.71. The molecule has 0 unspecified atom stereocenters. The average Bonchev–Trinajstić information content (AvgIpc) is 2.75. The van der Waals surface area contributed by atoms with E-state index >= 15 is 0 Å². The number of ketones is 2. The molecule has 0 atom stereocenters. The summed E-state index contributed by atoms with van der Waals surface area (Å²) in [5.41, 5.74) is -1.38. The number of aromatic nitrogens is 3. The number of halogens is 3. The summed E-state index contributed by atoms with van der Waals surface area (Å²) in [4.78, 5) is 39.4. The molecule has 0 saturated carbocycles. The van der Waals surface area contributed by atoms with Gasteiger partial charge in [0.05, 0.1) is 41.1 Å². The van der Waals surface area contributed by atoms with Gasteiger partial charge in [-0.25, -0.2) is 9.97 Å². The highest BCUT2D eigenvalue weighted by Crippen LogP contribution is 2.39. The van der Waals surface area contributed by atoms with Crippen LogP contribution < -0.4 is 4.90 Å². The van der Waals surface area contributed by atoms with E-state index in [1.807, 2.05) is 0 Å². The van der Waals surface area contributed by atoms with Gasteiger partial charge in [-0.15, -0.1) is 0 Å². The van der Waals surface area contributed by atoms with Crippen molar-refractivity contribution in [2.24, 2.45) is 0 Å². The lowest BCUT2D eigenvalue weighted by atomic mass is 9.93. The molecular formula is C20H13F3N4O3. The predicted octanol–water partition coefficient (Wildman–Crippen LogP) is 2.66. The van der Waals surface area contributed by atoms with E-state index in [0.29, 0.717) is 26.3 Å². The van der Waals surface area contributed by atoms with Gasteiger partial charge in [0.15, 0.2) is 0 Å². The maximum Gasteiger partial charge on any atom is 0.418 e. The van der Waals surface area contributed by atoms with Crippen molar-refractivity contribution in [3.63, 3.8) is 0 Å². The van der Waals surface area contributed by atoms with Crippen LogP contribution in [0.25, 0.3) is 11.0 Å². The summed E-state index contributed by atoms with van der Waals surface area (Å²) >= 11 is 0. The minimum atomic E-state index is -4.63. The van der Waals surface area contributed by atoms with Crippen LogP contribution in [0.3, 0.4) is 0 Å². The van der Waals surface area contributed by atoms with Crippen molar-refractivity contribution >= 4 is 28.3 Å². The van der Waals surface area contributed by atoms with Crippen LogP contribution in [0.5, 0.6) is 0 Å². The molecule has 2 aliphatic rings. The number of ether oxygens (including phenoxy) is 1. The molecule has 3 heterocycles. The van der Waals surface area contributed by atoms with Gasteiger partial charge >= 0.3 is 6.18 Å². The number of anilines is 1. The fourth-order valence-electron chi connectivity index (χ4n) is 3.71. The molecule has 1 fully saturated rings. The maximum absolute atomic E-state index is 13.8. The zero-order valence-electron chi connectivity index (χ0n) is 15.4. The molecule has 7 nitrogen and oxygen atoms in total. The highest BCUT2D eigenvalue weighted by Gasteiger charge is 2.38. The number of pyridine rings is 1. The van der Waals surface area contributed by atoms with Gasteiger partial charge in [0, 0.05) is 19.3 Å². The van der Waals surface area contributed by atoms with E-state index in [0.717, 1.165) is 6.07 Å². The first-order valence-electron chi connectivity index (χ1n) is 9.14. The second-order valence-electron chi connectivity index (χ2n) is 6.93. The van der Waals surface area contributed by atoms with Crippen molar-refractivity contribution in [3.05, 3.63) is 58.7 Å². The third kappa shape index (κ3) is 2.83. The number of carbonyl (C=O) groups is 2. The molecule has 10 heteroatoms. The first kappa shape index (κ1) is 18.6. The van der Waals surface area contributed by atoms with Crippen molar-refractivity contribution in [2.45, 2.75) is 6.18 Å². The third-order valence-corrected chi connectivity index (χ3v) is 5.14. The second kappa shape index (κ2) is 6.56. The van der Waals surface area contributed by atoms with Crippen molar-refractivity contribution in [1.82, 2.24) is 15.0 Å². The van der Waals surface area contributed by atoms with Crippen molar-refractivity contribution in [2.75, 3.05) is 31.2 Å². The molecule has 0 spiro atoms. The minimum absolute atomic E-state index is 0.0380. The highest BCUT2D eigenvalue weighted by molar-refractivity contribution is 6.26. The third-order valence-electron chi connectivity index (χ3n) is 5.14. The topological polar surface area (TPSA) is 85.3 Å². The zero-order chi connectivity index (χ0) is 21.0. The molecule has 0 radical (unpaired) electrons. The van der Waals surface area contributed by atoms with Crippen LogP contribution in [0, 0.1) is 0 Å². The Morgan fingerprint density at radius 2 is 1.60 bits per heavy atom. The van der Waals surface area contributed by atoms with E-state index in [4.69, 9.17) is 4.74 Å². The molecule has 1 aromatic carbocycles. The van der Waals surface area contributed by atoms with Crippen LogP contribution in [-0.2, 0) is 10.9 Å². The number of carbonyl (C=O) groups excluding carboxylic acids is 2. The maximum atomic E-state index is 13.8. The number of morpholine rings is 1. The summed E-state index contributed by atoms with van der Waals surface area (Å²) in [6, 6.07) is 5.08. The van der Waals surface area contributed by atoms with Crippen LogP contribution >= 0.6 is 0 Å². The molecular weight excluding hydrogens is 401 g/mol. The molecule has 0 bridgehead atoms. The number of benzene rings is 1. The van der Waals surface area contributed by atoms with Crippen LogP contribution in [0.15, 0.2) is 30.5 Å². The Kier molecular flexibility index (Phi) is 4.07. The fraction of sp³-hybridized carbons (Fsp3) is 0.250. The normalized spacial score (nSPS) is 16.6. The molecule has 1 aliphatic carbocycles. The monoisotopic (exact) mass is 414 g/mol. The summed E-state index contributed by atoms with van der Waals surface area (Å²) < 4.78 is 46.5. The first-order chi connectivity index (χ1) is 14.3. The van der Waals surface area contributed by atoms with E-state index < -0.39 is 23.3 Å². The number of hydrogen-bond donors (Lipinski definition) is 0. The van der Waals surface area contributed by atoms with E-state index in [9.17, 15) is 22.8 Å². The Hall–Kier alpha value is -3.40. The Balaban J connectivity index is 1.73. The zero-order valence-corrected chi connectivity index (χ0v) is 15.4. The van der Waals surface area contributed by atoms with Crippen LogP contribution in [0.2, 0.25) is 0 Å².